The molecule has 2 fully saturated rings. The van der Waals surface area contributed by atoms with Gasteiger partial charge >= 0.3 is 7.12 Å². The van der Waals surface area contributed by atoms with Gasteiger partial charge in [0.25, 0.3) is 0 Å². The summed E-state index contributed by atoms with van der Waals surface area (Å²) in [5, 5.41) is 0. The average molecular weight is 278 g/mol. The molecule has 2 heterocycles. The first-order chi connectivity index (χ1) is 9.24. The lowest BCUT2D eigenvalue weighted by molar-refractivity contribution is -0.135. The maximum atomic E-state index is 14.2. The summed E-state index contributed by atoms with van der Waals surface area (Å²) in [6.07, 6.45) is 0. The van der Waals surface area contributed by atoms with Gasteiger partial charge in [0.1, 0.15) is 0 Å². The minimum atomic E-state index is -1.32. The second-order valence-electron chi connectivity index (χ2n) is 6.67. The Kier molecular flexibility index (Phi) is 3.02. The first-order valence-corrected chi connectivity index (χ1v) is 6.96. The lowest BCUT2D eigenvalue weighted by Gasteiger charge is -2.34. The molecule has 5 heteroatoms. The van der Waals surface area contributed by atoms with Crippen LogP contribution in [0.3, 0.4) is 0 Å². The minimum Gasteiger partial charge on any atom is -0.399 e. The Balaban J connectivity index is 1.79. The molecule has 3 rings (SSSR count). The number of ether oxygens (including phenoxy) is 1. The number of hydrogen-bond donors (Lipinski definition) is 0. The molecule has 2 saturated heterocycles. The molecule has 2 aliphatic rings. The first kappa shape index (κ1) is 14.0. The second kappa shape index (κ2) is 4.29. The molecule has 1 aromatic rings. The fourth-order valence-electron chi connectivity index (χ4n) is 2.37. The van der Waals surface area contributed by atoms with E-state index in [9.17, 15) is 4.39 Å². The highest BCUT2D eigenvalue weighted by Gasteiger charge is 2.51. The summed E-state index contributed by atoms with van der Waals surface area (Å²) in [4.78, 5) is 0. The van der Waals surface area contributed by atoms with Crippen LogP contribution in [0.5, 0.6) is 0 Å². The summed E-state index contributed by atoms with van der Waals surface area (Å²) in [6, 6.07) is 7.33. The van der Waals surface area contributed by atoms with Gasteiger partial charge in [-0.05, 0) is 38.7 Å². The number of benzene rings is 1. The van der Waals surface area contributed by atoms with Crippen LogP contribution in [0.25, 0.3) is 0 Å². The van der Waals surface area contributed by atoms with E-state index in [1.54, 1.807) is 12.1 Å². The van der Waals surface area contributed by atoms with Gasteiger partial charge in [-0.2, -0.15) is 0 Å². The van der Waals surface area contributed by atoms with Crippen molar-refractivity contribution in [1.29, 1.82) is 0 Å². The van der Waals surface area contributed by atoms with Crippen molar-refractivity contribution in [2.75, 3.05) is 13.2 Å². The topological polar surface area (TPSA) is 27.7 Å². The zero-order valence-electron chi connectivity index (χ0n) is 12.4. The largest absolute Gasteiger partial charge is 0.494 e. The van der Waals surface area contributed by atoms with Crippen molar-refractivity contribution in [3.05, 3.63) is 29.8 Å². The van der Waals surface area contributed by atoms with Crippen molar-refractivity contribution in [3.63, 3.8) is 0 Å². The van der Waals surface area contributed by atoms with Gasteiger partial charge in [-0.1, -0.05) is 24.3 Å². The van der Waals surface area contributed by atoms with Gasteiger partial charge < -0.3 is 14.0 Å². The molecular weight excluding hydrogens is 258 g/mol. The van der Waals surface area contributed by atoms with Crippen molar-refractivity contribution in [3.8, 4) is 0 Å². The Morgan fingerprint density at radius 1 is 0.950 bits per heavy atom. The van der Waals surface area contributed by atoms with Gasteiger partial charge in [0, 0.05) is 0 Å². The second-order valence-corrected chi connectivity index (χ2v) is 6.67. The molecule has 0 spiro atoms. The Bertz CT molecular complexity index is 492. The molecule has 0 saturated carbocycles. The number of hydrogen-bond acceptors (Lipinski definition) is 3. The van der Waals surface area contributed by atoms with Crippen molar-refractivity contribution < 1.29 is 18.4 Å². The summed E-state index contributed by atoms with van der Waals surface area (Å²) in [7, 11) is -0.401. The Hall–Kier alpha value is -0.905. The number of halogens is 1. The molecule has 20 heavy (non-hydrogen) atoms. The molecule has 0 aromatic heterocycles. The van der Waals surface area contributed by atoms with Gasteiger partial charge in [-0.3, -0.25) is 0 Å². The van der Waals surface area contributed by atoms with Crippen LogP contribution in [0.2, 0.25) is 0 Å². The van der Waals surface area contributed by atoms with Crippen LogP contribution in [-0.2, 0) is 19.7 Å². The number of rotatable bonds is 2. The first-order valence-electron chi connectivity index (χ1n) is 6.96. The maximum Gasteiger partial charge on any atom is 0.494 e. The zero-order valence-corrected chi connectivity index (χ0v) is 12.4. The van der Waals surface area contributed by atoms with Gasteiger partial charge in [-0.15, -0.1) is 0 Å². The average Bonchev–Trinajstić information content (AvgIpc) is 2.56. The highest BCUT2D eigenvalue weighted by atomic mass is 19.1. The van der Waals surface area contributed by atoms with Crippen LogP contribution >= 0.6 is 0 Å². The van der Waals surface area contributed by atoms with Crippen molar-refractivity contribution >= 4 is 12.6 Å². The minimum absolute atomic E-state index is 0.142. The van der Waals surface area contributed by atoms with Crippen LogP contribution in [0.4, 0.5) is 4.39 Å². The number of alkyl halides is 1. The lowest BCUT2D eigenvalue weighted by atomic mass is 9.78. The standard InChI is InChI=1S/C15H20BFO3/c1-13(2)14(3,4)20-16(19-13)12-7-5-11(6-8-12)15(17)9-18-10-15/h5-8H,9-10H2,1-4H3. The van der Waals surface area contributed by atoms with Gasteiger partial charge in [0.2, 0.25) is 0 Å². The van der Waals surface area contributed by atoms with Crippen LogP contribution in [0.1, 0.15) is 33.3 Å². The molecule has 3 nitrogen and oxygen atoms in total. The summed E-state index contributed by atoms with van der Waals surface area (Å²) in [5.41, 5.74) is -0.479. The Morgan fingerprint density at radius 3 is 1.85 bits per heavy atom. The summed E-state index contributed by atoms with van der Waals surface area (Å²) in [6.45, 7) is 8.35. The van der Waals surface area contributed by atoms with Crippen LogP contribution in [-0.4, -0.2) is 31.5 Å². The Labute approximate surface area is 119 Å². The maximum absolute atomic E-state index is 14.2. The molecule has 2 aliphatic heterocycles. The summed E-state index contributed by atoms with van der Waals surface area (Å²) in [5.74, 6) is 0. The third kappa shape index (κ3) is 2.08. The predicted octanol–water partition coefficient (Wildman–Crippen LogP) is 2.18. The van der Waals surface area contributed by atoms with Crippen molar-refractivity contribution in [2.45, 2.75) is 44.6 Å². The molecule has 0 unspecified atom stereocenters. The molecule has 0 bridgehead atoms. The van der Waals surface area contributed by atoms with Gasteiger partial charge in [0.05, 0.1) is 24.4 Å². The van der Waals surface area contributed by atoms with E-state index in [1.165, 1.54) is 0 Å². The highest BCUT2D eigenvalue weighted by molar-refractivity contribution is 6.62. The third-order valence-corrected chi connectivity index (χ3v) is 4.62. The molecule has 0 radical (unpaired) electrons. The molecule has 108 valence electrons. The normalized spacial score (nSPS) is 26.4. The van der Waals surface area contributed by atoms with Gasteiger partial charge in [-0.25, -0.2) is 4.39 Å². The molecule has 0 amide bonds. The molecular formula is C15H20BFO3. The predicted molar refractivity (Wildman–Crippen MR) is 75.8 cm³/mol. The van der Waals surface area contributed by atoms with Crippen molar-refractivity contribution in [1.82, 2.24) is 0 Å². The van der Waals surface area contributed by atoms with E-state index in [-0.39, 0.29) is 24.4 Å². The van der Waals surface area contributed by atoms with E-state index in [1.807, 2.05) is 39.8 Å². The fraction of sp³-hybridized carbons (Fsp3) is 0.600. The van der Waals surface area contributed by atoms with Gasteiger partial charge in [0.15, 0.2) is 5.67 Å². The highest BCUT2D eigenvalue weighted by Crippen LogP contribution is 2.37. The molecule has 1 aromatic carbocycles. The van der Waals surface area contributed by atoms with Crippen LogP contribution in [0, 0.1) is 0 Å². The smallest absolute Gasteiger partial charge is 0.399 e. The van der Waals surface area contributed by atoms with Crippen LogP contribution in [0.15, 0.2) is 24.3 Å². The third-order valence-electron chi connectivity index (χ3n) is 4.62. The van der Waals surface area contributed by atoms with E-state index in [2.05, 4.69) is 0 Å². The zero-order chi connectivity index (χ0) is 14.6. The molecule has 0 aliphatic carbocycles. The van der Waals surface area contributed by atoms with E-state index < -0.39 is 12.8 Å². The Morgan fingerprint density at radius 2 is 1.45 bits per heavy atom. The summed E-state index contributed by atoms with van der Waals surface area (Å²) >= 11 is 0. The molecule has 0 N–H and O–H groups in total. The molecule has 0 atom stereocenters. The van der Waals surface area contributed by atoms with E-state index >= 15 is 0 Å². The SMILES string of the molecule is CC1(C)OB(c2ccc(C3(F)COC3)cc2)OC1(C)C. The summed E-state index contributed by atoms with van der Waals surface area (Å²) < 4.78 is 31.1. The quantitative estimate of drug-likeness (QED) is 0.776. The van der Waals surface area contributed by atoms with Crippen molar-refractivity contribution in [2.24, 2.45) is 0 Å². The monoisotopic (exact) mass is 278 g/mol. The lowest BCUT2D eigenvalue weighted by Crippen LogP contribution is -2.43. The fourth-order valence-corrected chi connectivity index (χ4v) is 2.37. The van der Waals surface area contributed by atoms with E-state index in [0.29, 0.717) is 5.56 Å². The van der Waals surface area contributed by atoms with Crippen LogP contribution < -0.4 is 5.46 Å². The van der Waals surface area contributed by atoms with E-state index in [0.717, 1.165) is 5.46 Å². The van der Waals surface area contributed by atoms with E-state index in [4.69, 9.17) is 14.0 Å².